The van der Waals surface area contributed by atoms with Crippen LogP contribution in [0.5, 0.6) is 0 Å². The lowest BCUT2D eigenvalue weighted by atomic mass is 9.50. The van der Waals surface area contributed by atoms with Gasteiger partial charge in [0.1, 0.15) is 5.82 Å². The monoisotopic (exact) mass is 259 g/mol. The number of benzene rings is 1. The van der Waals surface area contributed by atoms with Crippen molar-refractivity contribution in [2.45, 2.75) is 24.8 Å². The van der Waals surface area contributed by atoms with Crippen LogP contribution in [0.2, 0.25) is 0 Å². The lowest BCUT2D eigenvalue weighted by molar-refractivity contribution is -0.0441. The van der Waals surface area contributed by atoms with Gasteiger partial charge in [-0.25, -0.2) is 9.37 Å². The molecule has 3 aliphatic carbocycles. The smallest absolute Gasteiger partial charge is 0.287 e. The minimum Gasteiger partial charge on any atom is -0.344 e. The average Bonchev–Trinajstić information content (AvgIpc) is 2.60. The second-order valence-electron chi connectivity index (χ2n) is 5.84. The van der Waals surface area contributed by atoms with Gasteiger partial charge < -0.3 is 9.88 Å². The van der Waals surface area contributed by atoms with E-state index in [0.717, 1.165) is 25.2 Å². The molecule has 0 atom stereocenters. The van der Waals surface area contributed by atoms with Gasteiger partial charge in [-0.3, -0.25) is 4.79 Å². The van der Waals surface area contributed by atoms with Gasteiger partial charge in [0.25, 0.3) is 5.91 Å². The molecule has 98 valence electrons. The summed E-state index contributed by atoms with van der Waals surface area (Å²) in [4.78, 5) is 16.6. The summed E-state index contributed by atoms with van der Waals surface area (Å²) in [5, 5.41) is 3.08. The molecule has 1 heterocycles. The van der Waals surface area contributed by atoms with Crippen molar-refractivity contribution in [2.75, 3.05) is 0 Å². The van der Waals surface area contributed by atoms with Crippen molar-refractivity contribution in [3.8, 4) is 0 Å². The zero-order chi connectivity index (χ0) is 13.2. The molecule has 2 bridgehead atoms. The number of hydrogen-bond acceptors (Lipinski definition) is 2. The Hall–Kier alpha value is -1.91. The van der Waals surface area contributed by atoms with Crippen molar-refractivity contribution in [3.05, 3.63) is 29.8 Å². The summed E-state index contributed by atoms with van der Waals surface area (Å²) in [5.74, 6) is 0.694. The lowest BCUT2D eigenvalue weighted by Gasteiger charge is -2.61. The molecule has 0 spiro atoms. The summed E-state index contributed by atoms with van der Waals surface area (Å²) in [6, 6.07) is 4.36. The molecule has 1 aromatic heterocycles. The van der Waals surface area contributed by atoms with Gasteiger partial charge in [0.05, 0.1) is 11.0 Å². The molecule has 19 heavy (non-hydrogen) atoms. The van der Waals surface area contributed by atoms with E-state index in [-0.39, 0.29) is 17.3 Å². The molecular weight excluding hydrogens is 245 g/mol. The molecule has 3 aliphatic rings. The van der Waals surface area contributed by atoms with E-state index in [4.69, 9.17) is 0 Å². The van der Waals surface area contributed by atoms with Crippen LogP contribution < -0.4 is 5.32 Å². The Kier molecular flexibility index (Phi) is 1.93. The fourth-order valence-electron chi connectivity index (χ4n) is 3.29. The molecule has 1 aromatic carbocycles. The van der Waals surface area contributed by atoms with Crippen LogP contribution in [0.3, 0.4) is 0 Å². The quantitative estimate of drug-likeness (QED) is 0.896. The Labute approximate surface area is 109 Å². The fraction of sp³-hybridized carbons (Fsp3) is 0.429. The Morgan fingerprint density at radius 1 is 1.47 bits per heavy atom. The van der Waals surface area contributed by atoms with Crippen molar-refractivity contribution >= 4 is 16.9 Å². The maximum Gasteiger partial charge on any atom is 0.287 e. The Bertz CT molecular complexity index is 689. The van der Waals surface area contributed by atoms with Crippen LogP contribution in [-0.2, 0) is 7.05 Å². The molecule has 5 rings (SSSR count). The van der Waals surface area contributed by atoms with Crippen molar-refractivity contribution in [2.24, 2.45) is 13.0 Å². The number of fused-ring (bicyclic) bond motifs is 1. The standard InChI is InChI=1S/C14H14FN3O/c1-18-11-4-9(15)2-3-10(11)16-12(18)13(19)17-14-5-8(6-14)7-14/h2-4,8H,5-7H2,1H3,(H,17,19). The number of aromatic nitrogens is 2. The molecule has 0 unspecified atom stereocenters. The van der Waals surface area contributed by atoms with Gasteiger partial charge in [0, 0.05) is 12.6 Å². The number of nitrogens with one attached hydrogen (secondary N) is 1. The van der Waals surface area contributed by atoms with E-state index in [1.807, 2.05) is 0 Å². The molecule has 3 fully saturated rings. The first kappa shape index (κ1) is 11.0. The average molecular weight is 259 g/mol. The van der Waals surface area contributed by atoms with Crippen LogP contribution in [0.1, 0.15) is 29.9 Å². The van der Waals surface area contributed by atoms with Crippen LogP contribution in [0.15, 0.2) is 18.2 Å². The van der Waals surface area contributed by atoms with E-state index in [9.17, 15) is 9.18 Å². The number of aryl methyl sites for hydroxylation is 1. The number of imidazole rings is 1. The Morgan fingerprint density at radius 3 is 2.84 bits per heavy atom. The molecule has 1 N–H and O–H groups in total. The number of halogens is 1. The fourth-order valence-corrected chi connectivity index (χ4v) is 3.29. The minimum atomic E-state index is -0.318. The van der Waals surface area contributed by atoms with Crippen LogP contribution >= 0.6 is 0 Å². The predicted molar refractivity (Wildman–Crippen MR) is 68.2 cm³/mol. The summed E-state index contributed by atoms with van der Waals surface area (Å²) >= 11 is 0. The van der Waals surface area contributed by atoms with Crippen molar-refractivity contribution < 1.29 is 9.18 Å². The number of hydrogen-bond donors (Lipinski definition) is 1. The van der Waals surface area contributed by atoms with Gasteiger partial charge >= 0.3 is 0 Å². The van der Waals surface area contributed by atoms with E-state index >= 15 is 0 Å². The number of nitrogens with zero attached hydrogens (tertiary/aromatic N) is 2. The molecule has 5 heteroatoms. The maximum atomic E-state index is 13.2. The summed E-state index contributed by atoms with van der Waals surface area (Å²) in [6.07, 6.45) is 3.28. The first-order chi connectivity index (χ1) is 9.06. The predicted octanol–water partition coefficient (Wildman–Crippen LogP) is 1.99. The van der Waals surface area contributed by atoms with Gasteiger partial charge in [0.2, 0.25) is 0 Å². The number of carbonyl (C=O) groups is 1. The minimum absolute atomic E-state index is 0.0329. The normalized spacial score (nSPS) is 27.8. The first-order valence-corrected chi connectivity index (χ1v) is 6.51. The highest BCUT2D eigenvalue weighted by molar-refractivity contribution is 5.95. The number of amides is 1. The third-order valence-electron chi connectivity index (χ3n) is 4.46. The number of carbonyl (C=O) groups excluding carboxylic acids is 1. The van der Waals surface area contributed by atoms with E-state index < -0.39 is 0 Å². The molecule has 0 radical (unpaired) electrons. The topological polar surface area (TPSA) is 46.9 Å². The largest absolute Gasteiger partial charge is 0.344 e. The molecule has 0 saturated heterocycles. The van der Waals surface area contributed by atoms with Crippen molar-refractivity contribution in [1.82, 2.24) is 14.9 Å². The Morgan fingerprint density at radius 2 is 2.21 bits per heavy atom. The van der Waals surface area contributed by atoms with Crippen molar-refractivity contribution in [1.29, 1.82) is 0 Å². The van der Waals surface area contributed by atoms with Crippen LogP contribution in [0.4, 0.5) is 4.39 Å². The zero-order valence-corrected chi connectivity index (χ0v) is 10.6. The van der Waals surface area contributed by atoms with Gasteiger partial charge in [-0.05, 0) is 43.4 Å². The third kappa shape index (κ3) is 1.44. The highest BCUT2D eigenvalue weighted by Gasteiger charge is 2.57. The third-order valence-corrected chi connectivity index (χ3v) is 4.46. The highest BCUT2D eigenvalue weighted by Crippen LogP contribution is 2.56. The van der Waals surface area contributed by atoms with Gasteiger partial charge in [-0.1, -0.05) is 0 Å². The molecule has 3 saturated carbocycles. The maximum absolute atomic E-state index is 13.2. The summed E-state index contributed by atoms with van der Waals surface area (Å²) in [6.45, 7) is 0. The van der Waals surface area contributed by atoms with Crippen LogP contribution in [0.25, 0.3) is 11.0 Å². The molecule has 4 nitrogen and oxygen atoms in total. The molecule has 0 aliphatic heterocycles. The van der Waals surface area contributed by atoms with Gasteiger partial charge in [-0.15, -0.1) is 0 Å². The molecule has 1 amide bonds. The van der Waals surface area contributed by atoms with Gasteiger partial charge in [0.15, 0.2) is 5.82 Å². The van der Waals surface area contributed by atoms with E-state index in [1.165, 1.54) is 12.1 Å². The second-order valence-corrected chi connectivity index (χ2v) is 5.84. The second kappa shape index (κ2) is 3.35. The highest BCUT2D eigenvalue weighted by atomic mass is 19.1. The summed E-state index contributed by atoms with van der Waals surface area (Å²) in [5.41, 5.74) is 1.32. The van der Waals surface area contributed by atoms with Crippen LogP contribution in [-0.4, -0.2) is 21.0 Å². The van der Waals surface area contributed by atoms with Gasteiger partial charge in [-0.2, -0.15) is 0 Å². The van der Waals surface area contributed by atoms with E-state index in [0.29, 0.717) is 16.9 Å². The lowest BCUT2D eigenvalue weighted by Crippen LogP contribution is -2.68. The number of rotatable bonds is 2. The first-order valence-electron chi connectivity index (χ1n) is 6.51. The summed E-state index contributed by atoms with van der Waals surface area (Å²) < 4.78 is 14.9. The van der Waals surface area contributed by atoms with Crippen molar-refractivity contribution in [3.63, 3.8) is 0 Å². The molecular formula is C14H14FN3O. The SMILES string of the molecule is Cn1c(C(=O)NC23CC(C2)C3)nc2ccc(F)cc21. The Balaban J connectivity index is 1.70. The van der Waals surface area contributed by atoms with Crippen LogP contribution in [0, 0.1) is 11.7 Å². The summed E-state index contributed by atoms with van der Waals surface area (Å²) in [7, 11) is 1.74. The zero-order valence-electron chi connectivity index (χ0n) is 10.6. The van der Waals surface area contributed by atoms with E-state index in [2.05, 4.69) is 10.3 Å². The van der Waals surface area contributed by atoms with E-state index in [1.54, 1.807) is 17.7 Å². The molecule has 2 aromatic rings.